The van der Waals surface area contributed by atoms with Crippen LogP contribution in [0, 0.1) is 11.7 Å². The first-order chi connectivity index (χ1) is 12.1. The van der Waals surface area contributed by atoms with Gasteiger partial charge in [-0.3, -0.25) is 0 Å². The number of carbonyl (C=O) groups excluding carboxylic acids is 1. The van der Waals surface area contributed by atoms with Gasteiger partial charge in [0.2, 0.25) is 0 Å². The molecule has 0 bridgehead atoms. The zero-order chi connectivity index (χ0) is 17.8. The fourth-order valence-corrected chi connectivity index (χ4v) is 3.59. The molecule has 2 amide bonds. The van der Waals surface area contributed by atoms with Gasteiger partial charge in [0, 0.05) is 39.5 Å². The van der Waals surface area contributed by atoms with Crippen molar-refractivity contribution < 1.29 is 18.7 Å². The van der Waals surface area contributed by atoms with E-state index in [1.165, 1.54) is 12.1 Å². The van der Waals surface area contributed by atoms with Gasteiger partial charge in [-0.2, -0.15) is 0 Å². The van der Waals surface area contributed by atoms with Crippen LogP contribution in [0.4, 0.5) is 14.9 Å². The number of methoxy groups -OCH3 is 2. The molecule has 0 aliphatic carbocycles. The Morgan fingerprint density at radius 1 is 1.16 bits per heavy atom. The number of amides is 2. The van der Waals surface area contributed by atoms with Gasteiger partial charge in [0.25, 0.3) is 0 Å². The quantitative estimate of drug-likeness (QED) is 0.877. The number of hydrogen-bond acceptors (Lipinski definition) is 4. The summed E-state index contributed by atoms with van der Waals surface area (Å²) in [6.45, 7) is 3.53. The lowest BCUT2D eigenvalue weighted by Gasteiger charge is -2.20. The number of nitrogens with one attached hydrogen (secondary N) is 1. The highest BCUT2D eigenvalue weighted by atomic mass is 19.1. The largest absolute Gasteiger partial charge is 0.377 e. The summed E-state index contributed by atoms with van der Waals surface area (Å²) >= 11 is 0. The van der Waals surface area contributed by atoms with Gasteiger partial charge in [-0.1, -0.05) is 0 Å². The molecule has 2 aliphatic rings. The molecule has 138 valence electrons. The van der Waals surface area contributed by atoms with Crippen molar-refractivity contribution >= 4 is 11.7 Å². The smallest absolute Gasteiger partial charge is 0.317 e. The van der Waals surface area contributed by atoms with Crippen molar-refractivity contribution in [1.82, 2.24) is 10.2 Å². The van der Waals surface area contributed by atoms with E-state index in [0.29, 0.717) is 25.6 Å². The maximum absolute atomic E-state index is 13.0. The summed E-state index contributed by atoms with van der Waals surface area (Å²) in [4.78, 5) is 16.3. The SMILES string of the molecule is CO[C@H]1CN(C(=O)NCC2CCN(c3ccc(F)cc3)C2)C[C@H]1OC. The van der Waals surface area contributed by atoms with Gasteiger partial charge < -0.3 is 24.6 Å². The molecule has 7 heteroatoms. The molecule has 1 aromatic rings. The van der Waals surface area contributed by atoms with Crippen LogP contribution in [0.3, 0.4) is 0 Å². The predicted octanol–water partition coefficient (Wildman–Crippen LogP) is 1.71. The van der Waals surface area contributed by atoms with Gasteiger partial charge in [-0.05, 0) is 36.6 Å². The highest BCUT2D eigenvalue weighted by Gasteiger charge is 2.35. The fraction of sp³-hybridized carbons (Fsp3) is 0.611. The van der Waals surface area contributed by atoms with Gasteiger partial charge in [0.15, 0.2) is 0 Å². The normalized spacial score (nSPS) is 26.3. The van der Waals surface area contributed by atoms with Crippen molar-refractivity contribution in [3.8, 4) is 0 Å². The Bertz CT molecular complexity index is 571. The summed E-state index contributed by atoms with van der Waals surface area (Å²) in [6.07, 6.45) is 0.867. The lowest BCUT2D eigenvalue weighted by Crippen LogP contribution is -2.41. The monoisotopic (exact) mass is 351 g/mol. The van der Waals surface area contributed by atoms with Crippen molar-refractivity contribution in [3.05, 3.63) is 30.1 Å². The lowest BCUT2D eigenvalue weighted by atomic mass is 10.1. The van der Waals surface area contributed by atoms with Crippen LogP contribution in [0.15, 0.2) is 24.3 Å². The van der Waals surface area contributed by atoms with Gasteiger partial charge in [-0.15, -0.1) is 0 Å². The molecule has 25 heavy (non-hydrogen) atoms. The molecule has 2 fully saturated rings. The maximum atomic E-state index is 13.0. The second kappa shape index (κ2) is 8.01. The van der Waals surface area contributed by atoms with Crippen LogP contribution in [0.2, 0.25) is 0 Å². The second-order valence-electron chi connectivity index (χ2n) is 6.72. The van der Waals surface area contributed by atoms with Gasteiger partial charge in [0.05, 0.1) is 13.1 Å². The third-order valence-corrected chi connectivity index (χ3v) is 5.13. The molecule has 2 aliphatic heterocycles. The first-order valence-electron chi connectivity index (χ1n) is 8.69. The van der Waals surface area contributed by atoms with E-state index < -0.39 is 0 Å². The number of ether oxygens (including phenoxy) is 2. The van der Waals surface area contributed by atoms with Crippen molar-refractivity contribution in [2.75, 3.05) is 51.8 Å². The summed E-state index contributed by atoms with van der Waals surface area (Å²) < 4.78 is 23.8. The van der Waals surface area contributed by atoms with E-state index in [0.717, 1.165) is 25.2 Å². The number of rotatable bonds is 5. The molecule has 1 N–H and O–H groups in total. The lowest BCUT2D eigenvalue weighted by molar-refractivity contribution is -0.00461. The van der Waals surface area contributed by atoms with Crippen molar-refractivity contribution in [2.45, 2.75) is 18.6 Å². The Labute approximate surface area is 147 Å². The first kappa shape index (κ1) is 17.9. The fourth-order valence-electron chi connectivity index (χ4n) is 3.59. The van der Waals surface area contributed by atoms with Crippen LogP contribution in [0.25, 0.3) is 0 Å². The van der Waals surface area contributed by atoms with E-state index in [2.05, 4.69) is 10.2 Å². The van der Waals surface area contributed by atoms with E-state index in [4.69, 9.17) is 9.47 Å². The molecule has 0 aromatic heterocycles. The molecular weight excluding hydrogens is 325 g/mol. The molecule has 0 spiro atoms. The third-order valence-electron chi connectivity index (χ3n) is 5.13. The van der Waals surface area contributed by atoms with Crippen molar-refractivity contribution in [2.24, 2.45) is 5.92 Å². The number of urea groups is 1. The molecule has 3 rings (SSSR count). The number of likely N-dealkylation sites (tertiary alicyclic amines) is 1. The van der Waals surface area contributed by atoms with Crippen molar-refractivity contribution in [3.63, 3.8) is 0 Å². The van der Waals surface area contributed by atoms with E-state index in [9.17, 15) is 9.18 Å². The highest BCUT2D eigenvalue weighted by molar-refractivity contribution is 5.74. The molecule has 6 nitrogen and oxygen atoms in total. The maximum Gasteiger partial charge on any atom is 0.317 e. The highest BCUT2D eigenvalue weighted by Crippen LogP contribution is 2.24. The summed E-state index contributed by atoms with van der Waals surface area (Å²) in [5.74, 6) is 0.175. The van der Waals surface area contributed by atoms with E-state index in [1.807, 2.05) is 0 Å². The summed E-state index contributed by atoms with van der Waals surface area (Å²) in [7, 11) is 3.28. The minimum atomic E-state index is -0.221. The van der Waals surface area contributed by atoms with Gasteiger partial charge in [0.1, 0.15) is 18.0 Å². The van der Waals surface area contributed by atoms with E-state index in [1.54, 1.807) is 31.3 Å². The zero-order valence-electron chi connectivity index (χ0n) is 14.8. The van der Waals surface area contributed by atoms with Crippen LogP contribution in [0.5, 0.6) is 0 Å². The molecule has 3 atom stereocenters. The molecule has 2 saturated heterocycles. The Kier molecular flexibility index (Phi) is 5.75. The van der Waals surface area contributed by atoms with Crippen molar-refractivity contribution in [1.29, 1.82) is 0 Å². The van der Waals surface area contributed by atoms with Crippen LogP contribution in [0.1, 0.15) is 6.42 Å². The Balaban J connectivity index is 1.45. The molecule has 2 heterocycles. The van der Waals surface area contributed by atoms with Crippen LogP contribution >= 0.6 is 0 Å². The average Bonchev–Trinajstić information content (AvgIpc) is 3.27. The second-order valence-corrected chi connectivity index (χ2v) is 6.72. The third kappa shape index (κ3) is 4.22. The molecular formula is C18H26FN3O3. The number of anilines is 1. The standard InChI is InChI=1S/C18H26FN3O3/c1-24-16-11-22(12-17(16)25-2)18(23)20-9-13-7-8-21(10-13)15-5-3-14(19)4-6-15/h3-6,13,16-17H,7-12H2,1-2H3,(H,20,23)/t13?,16-,17+. The van der Waals surface area contributed by atoms with Crippen LogP contribution in [-0.4, -0.2) is 70.1 Å². The molecule has 1 unspecified atom stereocenters. The summed E-state index contributed by atoms with van der Waals surface area (Å²) in [5, 5.41) is 3.03. The van der Waals surface area contributed by atoms with Gasteiger partial charge >= 0.3 is 6.03 Å². The first-order valence-corrected chi connectivity index (χ1v) is 8.69. The van der Waals surface area contributed by atoms with E-state index in [-0.39, 0.29) is 24.1 Å². The minimum absolute atomic E-state index is 0.0677. The Hall–Kier alpha value is -1.86. The average molecular weight is 351 g/mol. The topological polar surface area (TPSA) is 54.0 Å². The minimum Gasteiger partial charge on any atom is -0.377 e. The summed E-state index contributed by atoms with van der Waals surface area (Å²) in [5.41, 5.74) is 1.03. The van der Waals surface area contributed by atoms with Gasteiger partial charge in [-0.25, -0.2) is 9.18 Å². The number of carbonyl (C=O) groups is 1. The van der Waals surface area contributed by atoms with E-state index >= 15 is 0 Å². The number of halogens is 1. The number of benzene rings is 1. The molecule has 0 radical (unpaired) electrons. The number of nitrogens with zero attached hydrogens (tertiary/aromatic N) is 2. The molecule has 0 saturated carbocycles. The zero-order valence-corrected chi connectivity index (χ0v) is 14.8. The Morgan fingerprint density at radius 2 is 1.80 bits per heavy atom. The Morgan fingerprint density at radius 3 is 2.40 bits per heavy atom. The predicted molar refractivity (Wildman–Crippen MR) is 93.3 cm³/mol. The number of hydrogen-bond donors (Lipinski definition) is 1. The summed E-state index contributed by atoms with van der Waals surface area (Å²) in [6, 6.07) is 6.50. The molecule has 1 aromatic carbocycles. The van der Waals surface area contributed by atoms with Crippen LogP contribution in [-0.2, 0) is 9.47 Å². The van der Waals surface area contributed by atoms with Crippen LogP contribution < -0.4 is 10.2 Å².